The van der Waals surface area contributed by atoms with Crippen molar-refractivity contribution in [3.8, 4) is 5.75 Å². The maximum absolute atomic E-state index is 12.0. The Morgan fingerprint density at radius 2 is 1.76 bits per heavy atom. The summed E-state index contributed by atoms with van der Waals surface area (Å²) in [7, 11) is 1.55. The molecule has 0 spiro atoms. The molecule has 0 amide bonds. The summed E-state index contributed by atoms with van der Waals surface area (Å²) in [5.74, 6) is -0.491. The van der Waals surface area contributed by atoms with Gasteiger partial charge < -0.3 is 9.84 Å². The fourth-order valence-electron chi connectivity index (χ4n) is 1.78. The molecular formula is C17H14O4. The van der Waals surface area contributed by atoms with Gasteiger partial charge in [0.05, 0.1) is 12.7 Å². The van der Waals surface area contributed by atoms with Gasteiger partial charge in [0.25, 0.3) is 0 Å². The molecule has 0 saturated carbocycles. The van der Waals surface area contributed by atoms with Crippen molar-refractivity contribution in [1.29, 1.82) is 0 Å². The van der Waals surface area contributed by atoms with E-state index >= 15 is 0 Å². The van der Waals surface area contributed by atoms with Crippen LogP contribution in [0.4, 0.5) is 0 Å². The molecule has 0 saturated heterocycles. The standard InChI is InChI=1S/C17H14O4/c1-21-15-4-2-3-14(11-15)16(18)10-7-12-5-8-13(9-6-12)17(19)20/h2-11H,1H3,(H,19,20). The summed E-state index contributed by atoms with van der Waals surface area (Å²) in [5, 5.41) is 8.81. The second-order valence-electron chi connectivity index (χ2n) is 4.36. The number of aromatic carboxylic acids is 1. The van der Waals surface area contributed by atoms with Crippen molar-refractivity contribution in [2.75, 3.05) is 7.11 Å². The van der Waals surface area contributed by atoms with Crippen LogP contribution in [0.1, 0.15) is 26.3 Å². The smallest absolute Gasteiger partial charge is 0.335 e. The maximum Gasteiger partial charge on any atom is 0.335 e. The fraction of sp³-hybridized carbons (Fsp3) is 0.0588. The number of hydrogen-bond acceptors (Lipinski definition) is 3. The quantitative estimate of drug-likeness (QED) is 0.675. The third-order valence-electron chi connectivity index (χ3n) is 2.94. The highest BCUT2D eigenvalue weighted by Gasteiger charge is 2.03. The number of carboxylic acid groups (broad SMARTS) is 1. The highest BCUT2D eigenvalue weighted by molar-refractivity contribution is 6.07. The summed E-state index contributed by atoms with van der Waals surface area (Å²) in [6, 6.07) is 13.2. The molecule has 0 atom stereocenters. The second kappa shape index (κ2) is 6.52. The Bertz CT molecular complexity index is 684. The van der Waals surface area contributed by atoms with Gasteiger partial charge in [-0.1, -0.05) is 30.3 Å². The molecule has 0 fully saturated rings. The first-order chi connectivity index (χ1) is 10.1. The summed E-state index contributed by atoms with van der Waals surface area (Å²) < 4.78 is 5.07. The number of allylic oxidation sites excluding steroid dienone is 1. The molecule has 0 unspecified atom stereocenters. The van der Waals surface area contributed by atoms with E-state index in [0.29, 0.717) is 11.3 Å². The minimum atomic E-state index is -0.974. The van der Waals surface area contributed by atoms with Crippen molar-refractivity contribution < 1.29 is 19.4 Å². The number of carboxylic acids is 1. The Morgan fingerprint density at radius 3 is 2.38 bits per heavy atom. The zero-order valence-corrected chi connectivity index (χ0v) is 11.4. The van der Waals surface area contributed by atoms with E-state index in [9.17, 15) is 9.59 Å². The summed E-state index contributed by atoms with van der Waals surface area (Å²) in [5.41, 5.74) is 1.51. The predicted molar refractivity (Wildman–Crippen MR) is 79.8 cm³/mol. The molecule has 2 rings (SSSR count). The number of ketones is 1. The lowest BCUT2D eigenvalue weighted by molar-refractivity contribution is 0.0696. The van der Waals surface area contributed by atoms with Crippen LogP contribution in [0.5, 0.6) is 5.75 Å². The molecule has 0 aromatic heterocycles. The average Bonchev–Trinajstić information content (AvgIpc) is 2.53. The normalized spacial score (nSPS) is 10.5. The molecule has 0 aliphatic carbocycles. The van der Waals surface area contributed by atoms with Crippen molar-refractivity contribution in [3.05, 3.63) is 71.3 Å². The lowest BCUT2D eigenvalue weighted by atomic mass is 10.1. The van der Waals surface area contributed by atoms with Crippen molar-refractivity contribution in [2.45, 2.75) is 0 Å². The number of methoxy groups -OCH3 is 1. The van der Waals surface area contributed by atoms with Crippen LogP contribution in [0.2, 0.25) is 0 Å². The van der Waals surface area contributed by atoms with Gasteiger partial charge in [0.1, 0.15) is 5.75 Å². The van der Waals surface area contributed by atoms with Gasteiger partial charge >= 0.3 is 5.97 Å². The molecule has 0 radical (unpaired) electrons. The van der Waals surface area contributed by atoms with E-state index in [1.165, 1.54) is 18.2 Å². The lowest BCUT2D eigenvalue weighted by Crippen LogP contribution is -1.96. The average molecular weight is 282 g/mol. The van der Waals surface area contributed by atoms with Crippen LogP contribution in [0.25, 0.3) is 6.08 Å². The molecule has 1 N–H and O–H groups in total. The van der Waals surface area contributed by atoms with Crippen LogP contribution >= 0.6 is 0 Å². The second-order valence-corrected chi connectivity index (χ2v) is 4.36. The van der Waals surface area contributed by atoms with Gasteiger partial charge in [-0.15, -0.1) is 0 Å². The number of hydrogen-bond donors (Lipinski definition) is 1. The van der Waals surface area contributed by atoms with Gasteiger partial charge in [0, 0.05) is 5.56 Å². The zero-order valence-electron chi connectivity index (χ0n) is 11.4. The van der Waals surface area contributed by atoms with Crippen LogP contribution in [0.15, 0.2) is 54.6 Å². The summed E-state index contributed by atoms with van der Waals surface area (Å²) in [6.07, 6.45) is 3.10. The molecule has 0 bridgehead atoms. The topological polar surface area (TPSA) is 63.6 Å². The molecule has 0 aliphatic heterocycles. The number of rotatable bonds is 5. The van der Waals surface area contributed by atoms with Crippen LogP contribution in [0.3, 0.4) is 0 Å². The summed E-state index contributed by atoms with van der Waals surface area (Å²) >= 11 is 0. The predicted octanol–water partition coefficient (Wildman–Crippen LogP) is 3.29. The van der Waals surface area contributed by atoms with Crippen LogP contribution in [-0.4, -0.2) is 24.0 Å². The van der Waals surface area contributed by atoms with Gasteiger partial charge in [-0.2, -0.15) is 0 Å². The number of carbonyl (C=O) groups excluding carboxylic acids is 1. The molecule has 4 heteroatoms. The van der Waals surface area contributed by atoms with E-state index in [4.69, 9.17) is 9.84 Å². The Balaban J connectivity index is 2.12. The highest BCUT2D eigenvalue weighted by Crippen LogP contribution is 2.14. The van der Waals surface area contributed by atoms with E-state index in [0.717, 1.165) is 5.56 Å². The maximum atomic E-state index is 12.0. The molecule has 0 aliphatic rings. The summed E-state index contributed by atoms with van der Waals surface area (Å²) in [6.45, 7) is 0. The first-order valence-electron chi connectivity index (χ1n) is 6.30. The molecule has 2 aromatic rings. The Kier molecular flexibility index (Phi) is 4.51. The van der Waals surface area contributed by atoms with Crippen LogP contribution in [-0.2, 0) is 0 Å². The van der Waals surface area contributed by atoms with Gasteiger partial charge in [0.15, 0.2) is 5.78 Å². The van der Waals surface area contributed by atoms with E-state index in [-0.39, 0.29) is 11.3 Å². The monoisotopic (exact) mass is 282 g/mol. The first-order valence-corrected chi connectivity index (χ1v) is 6.30. The van der Waals surface area contributed by atoms with Crippen molar-refractivity contribution in [3.63, 3.8) is 0 Å². The number of ether oxygens (including phenoxy) is 1. The minimum Gasteiger partial charge on any atom is -0.497 e. The van der Waals surface area contributed by atoms with Crippen LogP contribution < -0.4 is 4.74 Å². The van der Waals surface area contributed by atoms with Gasteiger partial charge in [-0.05, 0) is 35.9 Å². The lowest BCUT2D eigenvalue weighted by Gasteiger charge is -2.01. The molecule has 4 nitrogen and oxygen atoms in total. The van der Waals surface area contributed by atoms with E-state index < -0.39 is 5.97 Å². The molecule has 2 aromatic carbocycles. The van der Waals surface area contributed by atoms with E-state index in [1.807, 2.05) is 0 Å². The van der Waals surface area contributed by atoms with E-state index in [2.05, 4.69) is 0 Å². The molecule has 0 heterocycles. The van der Waals surface area contributed by atoms with Crippen molar-refractivity contribution >= 4 is 17.8 Å². The van der Waals surface area contributed by atoms with Gasteiger partial charge in [-0.25, -0.2) is 4.79 Å². The zero-order chi connectivity index (χ0) is 15.2. The Labute approximate surface area is 122 Å². The number of carbonyl (C=O) groups is 2. The minimum absolute atomic E-state index is 0.142. The first kappa shape index (κ1) is 14.5. The van der Waals surface area contributed by atoms with Crippen molar-refractivity contribution in [2.24, 2.45) is 0 Å². The third kappa shape index (κ3) is 3.79. The van der Waals surface area contributed by atoms with Crippen molar-refractivity contribution in [1.82, 2.24) is 0 Å². The Hall–Kier alpha value is -2.88. The van der Waals surface area contributed by atoms with Gasteiger partial charge in [0.2, 0.25) is 0 Å². The van der Waals surface area contributed by atoms with Crippen LogP contribution in [0, 0.1) is 0 Å². The number of benzene rings is 2. The van der Waals surface area contributed by atoms with Gasteiger partial charge in [-0.3, -0.25) is 4.79 Å². The molecule has 21 heavy (non-hydrogen) atoms. The van der Waals surface area contributed by atoms with E-state index in [1.54, 1.807) is 49.6 Å². The Morgan fingerprint density at radius 1 is 1.05 bits per heavy atom. The third-order valence-corrected chi connectivity index (χ3v) is 2.94. The molecule has 106 valence electrons. The summed E-state index contributed by atoms with van der Waals surface area (Å²) in [4.78, 5) is 22.8. The fourth-order valence-corrected chi connectivity index (χ4v) is 1.78. The highest BCUT2D eigenvalue weighted by atomic mass is 16.5. The largest absolute Gasteiger partial charge is 0.497 e. The molecular weight excluding hydrogens is 268 g/mol. The SMILES string of the molecule is COc1cccc(C(=O)C=Cc2ccc(C(=O)O)cc2)c1.